The lowest BCUT2D eigenvalue weighted by molar-refractivity contribution is 0.101. The lowest BCUT2D eigenvalue weighted by atomic mass is 10.1. The van der Waals surface area contributed by atoms with Gasteiger partial charge in [-0.05, 0) is 19.1 Å². The number of rotatable bonds is 1. The lowest BCUT2D eigenvalue weighted by Gasteiger charge is -1.94. The molecule has 0 aliphatic heterocycles. The lowest BCUT2D eigenvalue weighted by Crippen LogP contribution is -1.93. The number of benzene rings is 1. The molecule has 0 fully saturated rings. The molecule has 0 atom stereocenters. The topological polar surface area (TPSA) is 43.1 Å². The van der Waals surface area contributed by atoms with Gasteiger partial charge in [0.1, 0.15) is 0 Å². The normalized spacial score (nSPS) is 8.25. The summed E-state index contributed by atoms with van der Waals surface area (Å²) in [6.07, 6.45) is 0. The first-order chi connectivity index (χ1) is 5.70. The van der Waals surface area contributed by atoms with E-state index in [9.17, 15) is 4.79 Å². The van der Waals surface area contributed by atoms with E-state index in [-0.39, 0.29) is 8.64 Å². The van der Waals surface area contributed by atoms with Crippen LogP contribution in [-0.2, 0) is 0 Å². The van der Waals surface area contributed by atoms with Crippen LogP contribution in [0.1, 0.15) is 34.0 Å². The van der Waals surface area contributed by atoms with Gasteiger partial charge in [0.15, 0.2) is 5.78 Å². The Morgan fingerprint density at radius 3 is 2.33 bits per heavy atom. The van der Waals surface area contributed by atoms with E-state index < -0.39 is 0 Å². The highest BCUT2D eigenvalue weighted by molar-refractivity contribution is 5.94. The molecule has 0 radical (unpaired) electrons. The number of anilines is 1. The van der Waals surface area contributed by atoms with Crippen LogP contribution >= 0.6 is 0 Å². The number of Topliss-reactive ketones (excluding diaryl/α,β-unsaturated/α-hetero) is 1. The first kappa shape index (κ1) is 10.7. The van der Waals surface area contributed by atoms with Gasteiger partial charge in [-0.1, -0.05) is 26.0 Å². The SMILES string of the molecule is CC.CC(=O)c1cccc(N)c1.[HH].[HH]. The molecule has 1 aromatic rings. The minimum Gasteiger partial charge on any atom is -0.399 e. The van der Waals surface area contributed by atoms with Crippen LogP contribution in [0.2, 0.25) is 0 Å². The minimum absolute atomic E-state index is 0. The Kier molecular flexibility index (Phi) is 4.77. The van der Waals surface area contributed by atoms with Gasteiger partial charge in [0, 0.05) is 14.1 Å². The Morgan fingerprint density at radius 2 is 2.00 bits per heavy atom. The van der Waals surface area contributed by atoms with Crippen molar-refractivity contribution in [2.24, 2.45) is 0 Å². The third-order valence-corrected chi connectivity index (χ3v) is 1.29. The number of nitrogen functional groups attached to an aromatic ring is 1. The molecule has 2 heteroatoms. The average molecular weight is 169 g/mol. The second kappa shape index (κ2) is 5.35. The zero-order valence-corrected chi connectivity index (χ0v) is 7.79. The molecule has 0 bridgehead atoms. The summed E-state index contributed by atoms with van der Waals surface area (Å²) in [5.74, 6) is 0.0484. The first-order valence-electron chi connectivity index (χ1n) is 4.06. The van der Waals surface area contributed by atoms with Gasteiger partial charge in [-0.25, -0.2) is 0 Å². The van der Waals surface area contributed by atoms with Crippen molar-refractivity contribution in [3.05, 3.63) is 29.8 Å². The fraction of sp³-hybridized carbons (Fsp3) is 0.300. The third kappa shape index (κ3) is 3.19. The molecule has 0 saturated carbocycles. The van der Waals surface area contributed by atoms with Crippen molar-refractivity contribution >= 4 is 11.5 Å². The number of ketones is 1. The fourth-order valence-electron chi connectivity index (χ4n) is 0.758. The van der Waals surface area contributed by atoms with E-state index in [0.717, 1.165) is 0 Å². The summed E-state index contributed by atoms with van der Waals surface area (Å²) in [4.78, 5) is 10.7. The van der Waals surface area contributed by atoms with E-state index in [1.54, 1.807) is 24.3 Å². The summed E-state index contributed by atoms with van der Waals surface area (Å²) in [5.41, 5.74) is 6.74. The highest BCUT2D eigenvalue weighted by Gasteiger charge is 1.96. The molecule has 0 amide bonds. The van der Waals surface area contributed by atoms with Crippen molar-refractivity contribution in [1.29, 1.82) is 0 Å². The quantitative estimate of drug-likeness (QED) is 0.518. The van der Waals surface area contributed by atoms with Crippen molar-refractivity contribution in [3.63, 3.8) is 0 Å². The van der Waals surface area contributed by atoms with E-state index >= 15 is 0 Å². The molecule has 70 valence electrons. The second-order valence-electron chi connectivity index (χ2n) is 2.18. The van der Waals surface area contributed by atoms with Crippen LogP contribution in [0, 0.1) is 0 Å². The molecule has 0 heterocycles. The molecule has 0 spiro atoms. The van der Waals surface area contributed by atoms with E-state index in [4.69, 9.17) is 5.73 Å². The highest BCUT2D eigenvalue weighted by Crippen LogP contribution is 2.06. The number of carbonyl (C=O) groups excluding carboxylic acids is 1. The molecule has 0 saturated heterocycles. The molecule has 0 aromatic heterocycles. The molecule has 1 rings (SSSR count). The average Bonchev–Trinajstić information content (AvgIpc) is 2.08. The van der Waals surface area contributed by atoms with Gasteiger partial charge >= 0.3 is 0 Å². The third-order valence-electron chi connectivity index (χ3n) is 1.29. The summed E-state index contributed by atoms with van der Waals surface area (Å²) >= 11 is 0. The molecular formula is C10H19NO. The number of nitrogens with two attached hydrogens (primary N) is 1. The Hall–Kier alpha value is -1.31. The number of hydrogen-bond acceptors (Lipinski definition) is 2. The van der Waals surface area contributed by atoms with Crippen LogP contribution in [0.3, 0.4) is 0 Å². The van der Waals surface area contributed by atoms with Gasteiger partial charge in [0.05, 0.1) is 0 Å². The van der Waals surface area contributed by atoms with E-state index in [2.05, 4.69) is 0 Å². The zero-order chi connectivity index (χ0) is 9.56. The van der Waals surface area contributed by atoms with E-state index in [1.165, 1.54) is 6.92 Å². The number of hydrogen-bond donors (Lipinski definition) is 1. The Labute approximate surface area is 76.4 Å². The van der Waals surface area contributed by atoms with Crippen LogP contribution in [-0.4, -0.2) is 5.78 Å². The molecule has 12 heavy (non-hydrogen) atoms. The Morgan fingerprint density at radius 1 is 1.42 bits per heavy atom. The molecule has 0 aliphatic rings. The van der Waals surface area contributed by atoms with Crippen molar-refractivity contribution in [1.82, 2.24) is 0 Å². The first-order valence-corrected chi connectivity index (χ1v) is 4.06. The maximum atomic E-state index is 10.7. The molecule has 0 unspecified atom stereocenters. The summed E-state index contributed by atoms with van der Waals surface area (Å²) in [6, 6.07) is 6.94. The van der Waals surface area contributed by atoms with Crippen molar-refractivity contribution in [2.75, 3.05) is 5.73 Å². The second-order valence-corrected chi connectivity index (χ2v) is 2.18. The smallest absolute Gasteiger partial charge is 0.159 e. The van der Waals surface area contributed by atoms with Crippen LogP contribution in [0.25, 0.3) is 0 Å². The van der Waals surface area contributed by atoms with Crippen molar-refractivity contribution in [3.8, 4) is 0 Å². The molecule has 2 nitrogen and oxygen atoms in total. The highest BCUT2D eigenvalue weighted by atomic mass is 16.1. The molecule has 2 N–H and O–H groups in total. The molecule has 1 aromatic carbocycles. The summed E-state index contributed by atoms with van der Waals surface area (Å²) in [7, 11) is 0. The van der Waals surface area contributed by atoms with Crippen LogP contribution in [0.15, 0.2) is 24.3 Å². The Balaban J connectivity index is -0.000000284. The van der Waals surface area contributed by atoms with Gasteiger partial charge < -0.3 is 5.73 Å². The van der Waals surface area contributed by atoms with Crippen molar-refractivity contribution in [2.45, 2.75) is 20.8 Å². The predicted molar refractivity (Wildman–Crippen MR) is 56.4 cm³/mol. The maximum absolute atomic E-state index is 10.7. The minimum atomic E-state index is 0. The monoisotopic (exact) mass is 169 g/mol. The summed E-state index contributed by atoms with van der Waals surface area (Å²) in [5, 5.41) is 0. The van der Waals surface area contributed by atoms with Crippen LogP contribution < -0.4 is 5.73 Å². The van der Waals surface area contributed by atoms with Crippen LogP contribution in [0.4, 0.5) is 5.69 Å². The van der Waals surface area contributed by atoms with Gasteiger partial charge in [0.2, 0.25) is 0 Å². The van der Waals surface area contributed by atoms with Gasteiger partial charge in [-0.3, -0.25) is 4.79 Å². The van der Waals surface area contributed by atoms with Gasteiger partial charge in [-0.15, -0.1) is 0 Å². The van der Waals surface area contributed by atoms with E-state index in [1.807, 2.05) is 13.8 Å². The fourth-order valence-corrected chi connectivity index (χ4v) is 0.758. The van der Waals surface area contributed by atoms with Crippen molar-refractivity contribution < 1.29 is 7.65 Å². The van der Waals surface area contributed by atoms with Crippen LogP contribution in [0.5, 0.6) is 0 Å². The van der Waals surface area contributed by atoms with E-state index in [0.29, 0.717) is 11.3 Å². The number of carbonyl (C=O) groups is 1. The summed E-state index contributed by atoms with van der Waals surface area (Å²) in [6.45, 7) is 5.52. The Bertz CT molecular complexity index is 264. The van der Waals surface area contributed by atoms with Gasteiger partial charge in [0.25, 0.3) is 0 Å². The molecular weight excluding hydrogens is 150 g/mol. The molecule has 0 aliphatic carbocycles. The summed E-state index contributed by atoms with van der Waals surface area (Å²) < 4.78 is 0. The van der Waals surface area contributed by atoms with Gasteiger partial charge in [-0.2, -0.15) is 0 Å². The largest absolute Gasteiger partial charge is 0.399 e. The maximum Gasteiger partial charge on any atom is 0.159 e. The predicted octanol–water partition coefficient (Wildman–Crippen LogP) is 2.99. The zero-order valence-electron chi connectivity index (χ0n) is 7.79. The standard InChI is InChI=1S/C8H9NO.C2H6.2H2/c1-6(10)7-3-2-4-8(9)5-7;1-2;;/h2-5H,9H2,1H3;1-2H3;2*1H.